The average molecular weight is 275 g/mol. The number of carbonyl (C=O) groups excluding carboxylic acids is 1. The lowest BCUT2D eigenvalue weighted by atomic mass is 9.89. The van der Waals surface area contributed by atoms with Crippen molar-refractivity contribution in [1.29, 1.82) is 0 Å². The normalized spacial score (nSPS) is 11.8. The van der Waals surface area contributed by atoms with Gasteiger partial charge in [0.1, 0.15) is 5.58 Å². The van der Waals surface area contributed by atoms with Crippen molar-refractivity contribution in [1.82, 2.24) is 5.32 Å². The van der Waals surface area contributed by atoms with Crippen molar-refractivity contribution in [2.75, 3.05) is 13.2 Å². The molecule has 0 radical (unpaired) electrons. The molecule has 2 aromatic rings. The molecular weight excluding hydrogens is 254 g/mol. The van der Waals surface area contributed by atoms with Gasteiger partial charge in [0.25, 0.3) is 5.91 Å². The van der Waals surface area contributed by atoms with Gasteiger partial charge in [-0.05, 0) is 30.4 Å². The second-order valence-electron chi connectivity index (χ2n) is 5.83. The molecule has 0 unspecified atom stereocenters. The van der Waals surface area contributed by atoms with Crippen LogP contribution in [0.5, 0.6) is 0 Å². The zero-order valence-corrected chi connectivity index (χ0v) is 12.0. The van der Waals surface area contributed by atoms with E-state index in [4.69, 9.17) is 9.52 Å². The van der Waals surface area contributed by atoms with Crippen molar-refractivity contribution in [3.8, 4) is 0 Å². The van der Waals surface area contributed by atoms with Crippen LogP contribution in [-0.2, 0) is 0 Å². The van der Waals surface area contributed by atoms with Gasteiger partial charge < -0.3 is 14.8 Å². The largest absolute Gasteiger partial charge is 0.451 e. The fraction of sp³-hybridized carbons (Fsp3) is 0.438. The summed E-state index contributed by atoms with van der Waals surface area (Å²) in [6, 6.07) is 9.30. The van der Waals surface area contributed by atoms with Crippen LogP contribution < -0.4 is 5.32 Å². The molecule has 0 aliphatic rings. The summed E-state index contributed by atoms with van der Waals surface area (Å²) < 4.78 is 5.50. The van der Waals surface area contributed by atoms with E-state index in [1.807, 2.05) is 38.1 Å². The average Bonchev–Trinajstić information content (AvgIpc) is 2.87. The van der Waals surface area contributed by atoms with Gasteiger partial charge in [-0.15, -0.1) is 0 Å². The molecule has 0 aliphatic carbocycles. The number of furan rings is 1. The second kappa shape index (κ2) is 6.09. The molecule has 0 bridgehead atoms. The Morgan fingerprint density at radius 2 is 2.10 bits per heavy atom. The van der Waals surface area contributed by atoms with Gasteiger partial charge in [-0.25, -0.2) is 0 Å². The molecule has 4 heteroatoms. The van der Waals surface area contributed by atoms with Crippen LogP contribution >= 0.6 is 0 Å². The number of aliphatic hydroxyl groups excluding tert-OH is 1. The number of hydrogen-bond donors (Lipinski definition) is 2. The molecule has 1 aromatic carbocycles. The third-order valence-electron chi connectivity index (χ3n) is 3.39. The minimum absolute atomic E-state index is 0.0932. The number of carbonyl (C=O) groups is 1. The third kappa shape index (κ3) is 3.61. The molecule has 0 saturated heterocycles. The van der Waals surface area contributed by atoms with Crippen molar-refractivity contribution in [2.45, 2.75) is 26.7 Å². The Hall–Kier alpha value is -1.81. The first-order valence-electron chi connectivity index (χ1n) is 6.89. The number of aliphatic hydroxyl groups is 1. The Kier molecular flexibility index (Phi) is 4.45. The standard InChI is InChI=1S/C16H21NO3/c1-16(2,11-18)8-5-9-17-15(19)14-10-12-6-3-4-7-13(12)20-14/h3-4,6-7,10,18H,5,8-9,11H2,1-2H3,(H,17,19). The summed E-state index contributed by atoms with van der Waals surface area (Å²) >= 11 is 0. The Bertz CT molecular complexity index is 553. The number of benzene rings is 1. The quantitative estimate of drug-likeness (QED) is 0.797. The van der Waals surface area contributed by atoms with Crippen LogP contribution in [0.2, 0.25) is 0 Å². The summed E-state index contributed by atoms with van der Waals surface area (Å²) in [7, 11) is 0. The Labute approximate surface area is 118 Å². The zero-order chi connectivity index (χ0) is 14.6. The first-order valence-corrected chi connectivity index (χ1v) is 6.89. The lowest BCUT2D eigenvalue weighted by Crippen LogP contribution is -2.26. The molecule has 0 fully saturated rings. The topological polar surface area (TPSA) is 62.5 Å². The fourth-order valence-electron chi connectivity index (χ4n) is 2.03. The van der Waals surface area contributed by atoms with Gasteiger partial charge >= 0.3 is 0 Å². The van der Waals surface area contributed by atoms with E-state index in [-0.39, 0.29) is 17.9 Å². The predicted molar refractivity (Wildman–Crippen MR) is 78.6 cm³/mol. The van der Waals surface area contributed by atoms with Gasteiger partial charge in [0.2, 0.25) is 0 Å². The maximum Gasteiger partial charge on any atom is 0.287 e. The molecule has 20 heavy (non-hydrogen) atoms. The van der Waals surface area contributed by atoms with Crippen molar-refractivity contribution < 1.29 is 14.3 Å². The van der Waals surface area contributed by atoms with Crippen molar-refractivity contribution in [2.24, 2.45) is 5.41 Å². The van der Waals surface area contributed by atoms with Crippen LogP contribution in [-0.4, -0.2) is 24.2 Å². The molecule has 0 spiro atoms. The van der Waals surface area contributed by atoms with Crippen molar-refractivity contribution in [3.05, 3.63) is 36.1 Å². The molecule has 2 N–H and O–H groups in total. The number of para-hydroxylation sites is 1. The van der Waals surface area contributed by atoms with E-state index in [0.29, 0.717) is 12.3 Å². The summed E-state index contributed by atoms with van der Waals surface area (Å²) in [6.07, 6.45) is 1.70. The molecule has 1 heterocycles. The molecule has 0 saturated carbocycles. The number of fused-ring (bicyclic) bond motifs is 1. The SMILES string of the molecule is CC(C)(CO)CCCNC(=O)c1cc2ccccc2o1. The van der Waals surface area contributed by atoms with Gasteiger partial charge in [-0.3, -0.25) is 4.79 Å². The first kappa shape index (κ1) is 14.6. The maximum atomic E-state index is 12.0. The lowest BCUT2D eigenvalue weighted by molar-refractivity contribution is 0.0923. The summed E-state index contributed by atoms with van der Waals surface area (Å²) in [5, 5.41) is 12.9. The summed E-state index contributed by atoms with van der Waals surface area (Å²) in [5.41, 5.74) is 0.628. The predicted octanol–water partition coefficient (Wildman–Crippen LogP) is 2.96. The van der Waals surface area contributed by atoms with Gasteiger partial charge in [0.15, 0.2) is 5.76 Å². The number of nitrogens with one attached hydrogen (secondary N) is 1. The highest BCUT2D eigenvalue weighted by Crippen LogP contribution is 2.21. The molecule has 108 valence electrons. The summed E-state index contributed by atoms with van der Waals surface area (Å²) in [5.74, 6) is 0.149. The van der Waals surface area contributed by atoms with Gasteiger partial charge in [0.05, 0.1) is 0 Å². The van der Waals surface area contributed by atoms with Crippen LogP contribution in [0.25, 0.3) is 11.0 Å². The highest BCUT2D eigenvalue weighted by atomic mass is 16.3. The minimum Gasteiger partial charge on any atom is -0.451 e. The fourth-order valence-corrected chi connectivity index (χ4v) is 2.03. The Balaban J connectivity index is 1.86. The molecule has 1 aromatic heterocycles. The van der Waals surface area contributed by atoms with E-state index < -0.39 is 0 Å². The number of hydrogen-bond acceptors (Lipinski definition) is 3. The van der Waals surface area contributed by atoms with E-state index in [9.17, 15) is 4.79 Å². The van der Waals surface area contributed by atoms with Crippen LogP contribution in [0.4, 0.5) is 0 Å². The highest BCUT2D eigenvalue weighted by molar-refractivity contribution is 5.95. The van der Waals surface area contributed by atoms with Crippen LogP contribution in [0.3, 0.4) is 0 Å². The van der Waals surface area contributed by atoms with Crippen LogP contribution in [0.15, 0.2) is 34.7 Å². The van der Waals surface area contributed by atoms with Crippen molar-refractivity contribution >= 4 is 16.9 Å². The van der Waals surface area contributed by atoms with Gasteiger partial charge in [0, 0.05) is 18.5 Å². The second-order valence-corrected chi connectivity index (χ2v) is 5.83. The van der Waals surface area contributed by atoms with Crippen molar-refractivity contribution in [3.63, 3.8) is 0 Å². The van der Waals surface area contributed by atoms with E-state index >= 15 is 0 Å². The third-order valence-corrected chi connectivity index (χ3v) is 3.39. The van der Waals surface area contributed by atoms with Crippen LogP contribution in [0.1, 0.15) is 37.2 Å². The Morgan fingerprint density at radius 1 is 1.35 bits per heavy atom. The molecular formula is C16H21NO3. The van der Waals surface area contributed by atoms with Crippen LogP contribution in [0, 0.1) is 5.41 Å². The van der Waals surface area contributed by atoms with E-state index in [1.165, 1.54) is 0 Å². The van der Waals surface area contributed by atoms with E-state index in [2.05, 4.69) is 5.32 Å². The monoisotopic (exact) mass is 275 g/mol. The Morgan fingerprint density at radius 3 is 2.80 bits per heavy atom. The zero-order valence-electron chi connectivity index (χ0n) is 12.0. The molecule has 0 atom stereocenters. The van der Waals surface area contributed by atoms with Gasteiger partial charge in [-0.2, -0.15) is 0 Å². The highest BCUT2D eigenvalue weighted by Gasteiger charge is 2.16. The van der Waals surface area contributed by atoms with Gasteiger partial charge in [-0.1, -0.05) is 32.0 Å². The number of amides is 1. The van der Waals surface area contributed by atoms with E-state index in [1.54, 1.807) is 6.07 Å². The number of rotatable bonds is 6. The summed E-state index contributed by atoms with van der Waals surface area (Å²) in [6.45, 7) is 4.76. The minimum atomic E-state index is -0.192. The summed E-state index contributed by atoms with van der Waals surface area (Å²) in [4.78, 5) is 12.0. The smallest absolute Gasteiger partial charge is 0.287 e. The molecule has 1 amide bonds. The van der Waals surface area contributed by atoms with E-state index in [0.717, 1.165) is 23.8 Å². The molecule has 0 aliphatic heterocycles. The first-order chi connectivity index (χ1) is 9.52. The molecule has 4 nitrogen and oxygen atoms in total. The molecule has 2 rings (SSSR count). The maximum absolute atomic E-state index is 12.0. The lowest BCUT2D eigenvalue weighted by Gasteiger charge is -2.21.